The maximum atomic E-state index is 12.1. The summed E-state index contributed by atoms with van der Waals surface area (Å²) >= 11 is 1.89. The van der Waals surface area contributed by atoms with Crippen molar-refractivity contribution >= 4 is 17.5 Å². The molecule has 1 aliphatic carbocycles. The lowest BCUT2D eigenvalue weighted by molar-refractivity contribution is -0.124. The standard InChI is InChI=1S/C16H22OS/c1-12(2)16(14-10-6-7-11-15(14)17)18-13-8-4-3-5-9-13/h3-5,8-9,12,14,16H,6-7,10-11H2,1-2H3. The van der Waals surface area contributed by atoms with Crippen LogP contribution in [0, 0.1) is 11.8 Å². The highest BCUT2D eigenvalue weighted by molar-refractivity contribution is 8.00. The molecule has 2 unspecified atom stereocenters. The third-order valence-corrected chi connectivity index (χ3v) is 5.36. The molecule has 1 fully saturated rings. The van der Waals surface area contributed by atoms with Crippen LogP contribution < -0.4 is 0 Å². The summed E-state index contributed by atoms with van der Waals surface area (Å²) in [5.41, 5.74) is 0. The molecule has 0 bridgehead atoms. The minimum absolute atomic E-state index is 0.268. The van der Waals surface area contributed by atoms with Crippen molar-refractivity contribution in [2.75, 3.05) is 0 Å². The van der Waals surface area contributed by atoms with Crippen molar-refractivity contribution in [3.8, 4) is 0 Å². The molecule has 0 radical (unpaired) electrons. The SMILES string of the molecule is CC(C)C(Sc1ccccc1)C1CCCCC1=O. The zero-order valence-electron chi connectivity index (χ0n) is 11.3. The van der Waals surface area contributed by atoms with Crippen molar-refractivity contribution in [1.29, 1.82) is 0 Å². The number of carbonyl (C=O) groups excluding carboxylic acids is 1. The molecule has 2 heteroatoms. The molecule has 1 nitrogen and oxygen atoms in total. The van der Waals surface area contributed by atoms with Gasteiger partial charge in [0.2, 0.25) is 0 Å². The van der Waals surface area contributed by atoms with E-state index in [0.717, 1.165) is 19.3 Å². The number of benzene rings is 1. The summed E-state index contributed by atoms with van der Waals surface area (Å²) < 4.78 is 0. The fourth-order valence-electron chi connectivity index (χ4n) is 2.70. The van der Waals surface area contributed by atoms with Crippen molar-refractivity contribution < 1.29 is 4.79 Å². The summed E-state index contributed by atoms with van der Waals surface area (Å²) in [7, 11) is 0. The topological polar surface area (TPSA) is 17.1 Å². The molecule has 98 valence electrons. The summed E-state index contributed by atoms with van der Waals surface area (Å²) in [6.07, 6.45) is 4.19. The molecule has 1 aromatic carbocycles. The highest BCUT2D eigenvalue weighted by Gasteiger charge is 2.32. The van der Waals surface area contributed by atoms with E-state index in [4.69, 9.17) is 0 Å². The number of hydrogen-bond donors (Lipinski definition) is 0. The Morgan fingerprint density at radius 3 is 2.50 bits per heavy atom. The third kappa shape index (κ3) is 3.38. The fraction of sp³-hybridized carbons (Fsp3) is 0.562. The first kappa shape index (κ1) is 13.7. The monoisotopic (exact) mass is 262 g/mol. The minimum Gasteiger partial charge on any atom is -0.299 e. The van der Waals surface area contributed by atoms with Crippen LogP contribution in [0.4, 0.5) is 0 Å². The van der Waals surface area contributed by atoms with E-state index in [1.54, 1.807) is 0 Å². The maximum Gasteiger partial charge on any atom is 0.137 e. The quantitative estimate of drug-likeness (QED) is 0.740. The summed E-state index contributed by atoms with van der Waals surface area (Å²) in [4.78, 5) is 13.4. The Kier molecular flexibility index (Phi) is 4.87. The predicted octanol–water partition coefficient (Wildman–Crippen LogP) is 4.56. The third-order valence-electron chi connectivity index (χ3n) is 3.67. The first-order chi connectivity index (χ1) is 8.68. The van der Waals surface area contributed by atoms with Gasteiger partial charge in [-0.25, -0.2) is 0 Å². The summed E-state index contributed by atoms with van der Waals surface area (Å²) in [5, 5.41) is 0.431. The van der Waals surface area contributed by atoms with E-state index in [0.29, 0.717) is 17.0 Å². The molecule has 18 heavy (non-hydrogen) atoms. The zero-order valence-corrected chi connectivity index (χ0v) is 12.1. The Bertz CT molecular complexity index is 385. The Morgan fingerprint density at radius 1 is 1.17 bits per heavy atom. The van der Waals surface area contributed by atoms with Crippen molar-refractivity contribution in [1.82, 2.24) is 0 Å². The zero-order chi connectivity index (χ0) is 13.0. The van der Waals surface area contributed by atoms with E-state index in [1.165, 1.54) is 11.3 Å². The number of ketones is 1. The second-order valence-electron chi connectivity index (χ2n) is 5.46. The smallest absolute Gasteiger partial charge is 0.137 e. The van der Waals surface area contributed by atoms with E-state index in [1.807, 2.05) is 17.8 Å². The van der Waals surface area contributed by atoms with Gasteiger partial charge >= 0.3 is 0 Å². The average Bonchev–Trinajstić information content (AvgIpc) is 2.38. The van der Waals surface area contributed by atoms with Gasteiger partial charge in [-0.15, -0.1) is 11.8 Å². The molecular weight excluding hydrogens is 240 g/mol. The predicted molar refractivity (Wildman–Crippen MR) is 77.9 cm³/mol. The van der Waals surface area contributed by atoms with Crippen LogP contribution in [0.15, 0.2) is 35.2 Å². The van der Waals surface area contributed by atoms with Crippen LogP contribution >= 0.6 is 11.8 Å². The molecule has 0 aromatic heterocycles. The molecule has 0 amide bonds. The van der Waals surface area contributed by atoms with Gasteiger partial charge in [0.05, 0.1) is 0 Å². The van der Waals surface area contributed by atoms with Crippen LogP contribution in [0.3, 0.4) is 0 Å². The maximum absolute atomic E-state index is 12.1. The minimum atomic E-state index is 0.268. The van der Waals surface area contributed by atoms with Gasteiger partial charge in [-0.1, -0.05) is 38.5 Å². The molecular formula is C16H22OS. The highest BCUT2D eigenvalue weighted by Crippen LogP contribution is 2.38. The number of thioether (sulfide) groups is 1. The Balaban J connectivity index is 2.10. The van der Waals surface area contributed by atoms with E-state index < -0.39 is 0 Å². The lowest BCUT2D eigenvalue weighted by Gasteiger charge is -2.31. The largest absolute Gasteiger partial charge is 0.299 e. The van der Waals surface area contributed by atoms with E-state index in [9.17, 15) is 4.79 Å². The second kappa shape index (κ2) is 6.42. The normalized spacial score (nSPS) is 22.2. The van der Waals surface area contributed by atoms with Gasteiger partial charge in [0.1, 0.15) is 5.78 Å². The van der Waals surface area contributed by atoms with Gasteiger partial charge in [0.15, 0.2) is 0 Å². The lowest BCUT2D eigenvalue weighted by Crippen LogP contribution is -2.32. The molecule has 0 saturated heterocycles. The number of hydrogen-bond acceptors (Lipinski definition) is 2. The molecule has 0 spiro atoms. The van der Waals surface area contributed by atoms with Gasteiger partial charge in [-0.3, -0.25) is 4.79 Å². The molecule has 2 rings (SSSR count). The number of rotatable bonds is 4. The van der Waals surface area contributed by atoms with E-state index in [-0.39, 0.29) is 5.92 Å². The van der Waals surface area contributed by atoms with Crippen LogP contribution in [0.5, 0.6) is 0 Å². The highest BCUT2D eigenvalue weighted by atomic mass is 32.2. The summed E-state index contributed by atoms with van der Waals surface area (Å²) in [6.45, 7) is 4.48. The number of Topliss-reactive ketones (excluding diaryl/α,β-unsaturated/α-hetero) is 1. The van der Waals surface area contributed by atoms with E-state index in [2.05, 4.69) is 38.1 Å². The van der Waals surface area contributed by atoms with Crippen LogP contribution in [0.2, 0.25) is 0 Å². The van der Waals surface area contributed by atoms with Crippen molar-refractivity contribution in [3.05, 3.63) is 30.3 Å². The van der Waals surface area contributed by atoms with E-state index >= 15 is 0 Å². The lowest BCUT2D eigenvalue weighted by atomic mass is 9.82. The summed E-state index contributed by atoms with van der Waals surface area (Å²) in [5.74, 6) is 1.30. The van der Waals surface area contributed by atoms with Gasteiger partial charge in [-0.05, 0) is 30.9 Å². The van der Waals surface area contributed by atoms with Crippen molar-refractivity contribution in [3.63, 3.8) is 0 Å². The van der Waals surface area contributed by atoms with Crippen LogP contribution in [0.25, 0.3) is 0 Å². The Morgan fingerprint density at radius 2 is 1.89 bits per heavy atom. The Hall–Kier alpha value is -0.760. The summed E-state index contributed by atoms with van der Waals surface area (Å²) in [6, 6.07) is 10.5. The molecule has 0 N–H and O–H groups in total. The average molecular weight is 262 g/mol. The first-order valence-corrected chi connectivity index (χ1v) is 7.81. The first-order valence-electron chi connectivity index (χ1n) is 6.93. The molecule has 2 atom stereocenters. The molecule has 0 aliphatic heterocycles. The van der Waals surface area contributed by atoms with Gasteiger partial charge in [0, 0.05) is 22.5 Å². The van der Waals surface area contributed by atoms with Crippen LogP contribution in [-0.4, -0.2) is 11.0 Å². The molecule has 1 aliphatic rings. The molecule has 0 heterocycles. The Labute approximate surface area is 114 Å². The van der Waals surface area contributed by atoms with Gasteiger partial charge in [-0.2, -0.15) is 0 Å². The second-order valence-corrected chi connectivity index (χ2v) is 6.71. The van der Waals surface area contributed by atoms with Crippen LogP contribution in [0.1, 0.15) is 39.5 Å². The van der Waals surface area contributed by atoms with Crippen molar-refractivity contribution in [2.45, 2.75) is 49.7 Å². The molecule has 1 aromatic rings. The van der Waals surface area contributed by atoms with Gasteiger partial charge < -0.3 is 0 Å². The molecule has 1 saturated carbocycles. The van der Waals surface area contributed by atoms with Gasteiger partial charge in [0.25, 0.3) is 0 Å². The number of carbonyl (C=O) groups is 1. The fourth-order valence-corrected chi connectivity index (χ4v) is 4.05. The van der Waals surface area contributed by atoms with Crippen LogP contribution in [-0.2, 0) is 4.79 Å². The van der Waals surface area contributed by atoms with Crippen molar-refractivity contribution in [2.24, 2.45) is 11.8 Å².